The van der Waals surface area contributed by atoms with Gasteiger partial charge < -0.3 is 4.74 Å². The van der Waals surface area contributed by atoms with Crippen LogP contribution in [0.1, 0.15) is 23.2 Å². The predicted molar refractivity (Wildman–Crippen MR) is 129 cm³/mol. The molecule has 4 heterocycles. The number of rotatable bonds is 6. The second kappa shape index (κ2) is 8.26. The molecule has 5 nitrogen and oxygen atoms in total. The van der Waals surface area contributed by atoms with Crippen molar-refractivity contribution in [3.8, 4) is 11.4 Å². The van der Waals surface area contributed by atoms with E-state index >= 15 is 0 Å². The molecular weight excluding hydrogens is 408 g/mol. The summed E-state index contributed by atoms with van der Waals surface area (Å²) in [6.45, 7) is 1.10. The van der Waals surface area contributed by atoms with Gasteiger partial charge in [-0.25, -0.2) is 0 Å². The molecule has 2 aromatic carbocycles. The van der Waals surface area contributed by atoms with Crippen molar-refractivity contribution in [3.63, 3.8) is 0 Å². The Kier molecular flexibility index (Phi) is 4.96. The number of aryl methyl sites for hydroxylation is 1. The van der Waals surface area contributed by atoms with Gasteiger partial charge in [-0.1, -0.05) is 54.6 Å². The Morgan fingerprint density at radius 2 is 1.67 bits per heavy atom. The van der Waals surface area contributed by atoms with Crippen LogP contribution in [0.25, 0.3) is 22.3 Å². The first-order chi connectivity index (χ1) is 16.3. The summed E-state index contributed by atoms with van der Waals surface area (Å²) in [6, 6.07) is 28.9. The summed E-state index contributed by atoms with van der Waals surface area (Å²) in [7, 11) is 0. The standard InChI is InChI=1S/C28H24N4O/c1-2-8-21(9-3-1)19-33-20-28(24-14-17-30-25-11-5-4-10-23(24)25)15-13-22-18-27(31-32(22)28)26-12-6-7-16-29-26/h1-12,14,16-18H,13,15,19-20H2. The average molecular weight is 433 g/mol. The number of pyridine rings is 2. The molecule has 0 amide bonds. The van der Waals surface area contributed by atoms with Gasteiger partial charge in [-0.2, -0.15) is 5.10 Å². The molecule has 0 saturated heterocycles. The number of fused-ring (bicyclic) bond motifs is 2. The number of hydrogen-bond donors (Lipinski definition) is 0. The van der Waals surface area contributed by atoms with E-state index in [0.717, 1.165) is 35.1 Å². The number of hydrogen-bond acceptors (Lipinski definition) is 4. The van der Waals surface area contributed by atoms with E-state index in [0.29, 0.717) is 13.2 Å². The number of ether oxygens (including phenoxy) is 1. The second-order valence-electron chi connectivity index (χ2n) is 8.53. The molecule has 5 aromatic rings. The van der Waals surface area contributed by atoms with E-state index in [9.17, 15) is 0 Å². The summed E-state index contributed by atoms with van der Waals surface area (Å²) in [5.41, 5.74) is 5.95. The van der Waals surface area contributed by atoms with Crippen LogP contribution in [0.5, 0.6) is 0 Å². The van der Waals surface area contributed by atoms with Gasteiger partial charge in [-0.05, 0) is 54.3 Å². The van der Waals surface area contributed by atoms with Crippen molar-refractivity contribution in [2.75, 3.05) is 6.61 Å². The van der Waals surface area contributed by atoms with Gasteiger partial charge in [-0.15, -0.1) is 0 Å². The smallest absolute Gasteiger partial charge is 0.112 e. The lowest BCUT2D eigenvalue weighted by Gasteiger charge is -2.32. The zero-order valence-electron chi connectivity index (χ0n) is 18.3. The van der Waals surface area contributed by atoms with Crippen LogP contribution >= 0.6 is 0 Å². The van der Waals surface area contributed by atoms with Crippen molar-refractivity contribution in [1.82, 2.24) is 19.7 Å². The van der Waals surface area contributed by atoms with E-state index < -0.39 is 5.54 Å². The summed E-state index contributed by atoms with van der Waals surface area (Å²) in [5, 5.41) is 6.22. The third kappa shape index (κ3) is 3.51. The van der Waals surface area contributed by atoms with Crippen molar-refractivity contribution in [3.05, 3.63) is 114 Å². The molecule has 162 valence electrons. The molecule has 0 radical (unpaired) electrons. The average Bonchev–Trinajstić information content (AvgIpc) is 3.46. The van der Waals surface area contributed by atoms with E-state index in [1.165, 1.54) is 16.8 Å². The van der Waals surface area contributed by atoms with Gasteiger partial charge in [0.25, 0.3) is 0 Å². The molecule has 1 unspecified atom stereocenters. The van der Waals surface area contributed by atoms with Crippen molar-refractivity contribution < 1.29 is 4.74 Å². The number of para-hydroxylation sites is 1. The lowest BCUT2D eigenvalue weighted by molar-refractivity contribution is 0.0566. The van der Waals surface area contributed by atoms with Gasteiger partial charge in [0.2, 0.25) is 0 Å². The minimum atomic E-state index is -0.403. The van der Waals surface area contributed by atoms with Gasteiger partial charge >= 0.3 is 0 Å². The highest BCUT2D eigenvalue weighted by Crippen LogP contribution is 2.42. The predicted octanol–water partition coefficient (Wildman–Crippen LogP) is 5.40. The van der Waals surface area contributed by atoms with Crippen LogP contribution < -0.4 is 0 Å². The summed E-state index contributed by atoms with van der Waals surface area (Å²) in [5.74, 6) is 0. The lowest BCUT2D eigenvalue weighted by atomic mass is 9.86. The van der Waals surface area contributed by atoms with Gasteiger partial charge in [0.05, 0.1) is 24.4 Å². The van der Waals surface area contributed by atoms with E-state index in [4.69, 9.17) is 9.84 Å². The summed E-state index contributed by atoms with van der Waals surface area (Å²) >= 11 is 0. The normalized spacial score (nSPS) is 17.3. The van der Waals surface area contributed by atoms with Crippen LogP contribution in [0.4, 0.5) is 0 Å². The molecule has 1 aliphatic heterocycles. The molecule has 0 spiro atoms. The Labute approximate surface area is 192 Å². The maximum Gasteiger partial charge on any atom is 0.112 e. The maximum atomic E-state index is 6.39. The first kappa shape index (κ1) is 19.8. The molecule has 0 aliphatic carbocycles. The highest BCUT2D eigenvalue weighted by atomic mass is 16.5. The highest BCUT2D eigenvalue weighted by Gasteiger charge is 2.43. The molecule has 0 fully saturated rings. The fraction of sp³-hybridized carbons (Fsp3) is 0.179. The van der Waals surface area contributed by atoms with Crippen LogP contribution in [-0.2, 0) is 23.3 Å². The second-order valence-corrected chi connectivity index (χ2v) is 8.53. The molecule has 0 bridgehead atoms. The molecule has 1 aliphatic rings. The molecule has 1 atom stereocenters. The van der Waals surface area contributed by atoms with Crippen LogP contribution in [0.15, 0.2) is 97.3 Å². The van der Waals surface area contributed by atoms with E-state index in [-0.39, 0.29) is 0 Å². The molecule has 33 heavy (non-hydrogen) atoms. The molecule has 5 heteroatoms. The third-order valence-electron chi connectivity index (χ3n) is 6.51. The lowest BCUT2D eigenvalue weighted by Crippen LogP contribution is -2.38. The summed E-state index contributed by atoms with van der Waals surface area (Å²) < 4.78 is 8.57. The number of aromatic nitrogens is 4. The molecule has 0 N–H and O–H groups in total. The van der Waals surface area contributed by atoms with Gasteiger partial charge in [0, 0.05) is 23.5 Å². The molecular formula is C28H24N4O. The fourth-order valence-corrected chi connectivity index (χ4v) is 4.92. The Hall–Kier alpha value is -3.83. The Morgan fingerprint density at radius 3 is 2.55 bits per heavy atom. The number of benzene rings is 2. The van der Waals surface area contributed by atoms with Gasteiger partial charge in [-0.3, -0.25) is 14.6 Å². The minimum absolute atomic E-state index is 0.403. The highest BCUT2D eigenvalue weighted by molar-refractivity contribution is 5.83. The first-order valence-corrected chi connectivity index (χ1v) is 11.3. The van der Waals surface area contributed by atoms with Crippen molar-refractivity contribution in [2.45, 2.75) is 25.0 Å². The third-order valence-corrected chi connectivity index (χ3v) is 6.51. The minimum Gasteiger partial charge on any atom is -0.374 e. The van der Waals surface area contributed by atoms with Crippen LogP contribution in [-0.4, -0.2) is 26.4 Å². The number of nitrogens with zero attached hydrogens (tertiary/aromatic N) is 4. The SMILES string of the molecule is c1ccc(COCC2(c3ccnc4ccccc34)CCc3cc(-c4ccccn4)nn32)cc1. The van der Waals surface area contributed by atoms with Gasteiger partial charge in [0.15, 0.2) is 0 Å². The largest absolute Gasteiger partial charge is 0.374 e. The van der Waals surface area contributed by atoms with E-state index in [1.54, 1.807) is 0 Å². The molecule has 6 rings (SSSR count). The summed E-state index contributed by atoms with van der Waals surface area (Å²) in [6.07, 6.45) is 5.58. The zero-order chi connectivity index (χ0) is 22.1. The maximum absolute atomic E-state index is 6.39. The van der Waals surface area contributed by atoms with Crippen molar-refractivity contribution in [2.24, 2.45) is 0 Å². The summed E-state index contributed by atoms with van der Waals surface area (Å²) in [4.78, 5) is 9.12. The van der Waals surface area contributed by atoms with Gasteiger partial charge in [0.1, 0.15) is 11.2 Å². The van der Waals surface area contributed by atoms with Crippen LogP contribution in [0, 0.1) is 0 Å². The van der Waals surface area contributed by atoms with E-state index in [1.807, 2.05) is 54.9 Å². The quantitative estimate of drug-likeness (QED) is 0.361. The topological polar surface area (TPSA) is 52.8 Å². The molecule has 0 saturated carbocycles. The van der Waals surface area contributed by atoms with Crippen LogP contribution in [0.3, 0.4) is 0 Å². The van der Waals surface area contributed by atoms with E-state index in [2.05, 4.69) is 57.1 Å². The Balaban J connectivity index is 1.45. The molecule has 3 aromatic heterocycles. The van der Waals surface area contributed by atoms with Crippen molar-refractivity contribution in [1.29, 1.82) is 0 Å². The Bertz CT molecular complexity index is 1390. The van der Waals surface area contributed by atoms with Crippen LogP contribution in [0.2, 0.25) is 0 Å². The fourth-order valence-electron chi connectivity index (χ4n) is 4.92. The monoisotopic (exact) mass is 432 g/mol. The zero-order valence-corrected chi connectivity index (χ0v) is 18.3. The Morgan fingerprint density at radius 1 is 0.818 bits per heavy atom. The first-order valence-electron chi connectivity index (χ1n) is 11.3. The van der Waals surface area contributed by atoms with Crippen molar-refractivity contribution >= 4 is 10.9 Å².